The van der Waals surface area contributed by atoms with Gasteiger partial charge in [0, 0.05) is 24.4 Å². The molecule has 1 aliphatic carbocycles. The van der Waals surface area contributed by atoms with E-state index in [1.807, 2.05) is 30.3 Å². The summed E-state index contributed by atoms with van der Waals surface area (Å²) in [7, 11) is 0. The highest BCUT2D eigenvalue weighted by molar-refractivity contribution is 5.86. The van der Waals surface area contributed by atoms with E-state index in [9.17, 15) is 14.7 Å². The fourth-order valence-corrected chi connectivity index (χ4v) is 4.47. The fraction of sp³-hybridized carbons (Fsp3) is 0.522. The van der Waals surface area contributed by atoms with Gasteiger partial charge in [0.2, 0.25) is 11.8 Å². The first-order valence-corrected chi connectivity index (χ1v) is 10.5. The number of carbonyl (C=O) groups excluding carboxylic acids is 1. The Bertz CT molecular complexity index is 899. The van der Waals surface area contributed by atoms with E-state index in [1.54, 1.807) is 4.90 Å². The average Bonchev–Trinajstić information content (AvgIpc) is 3.31. The Morgan fingerprint density at radius 1 is 1.24 bits per heavy atom. The third-order valence-corrected chi connectivity index (χ3v) is 6.35. The third-order valence-electron chi connectivity index (χ3n) is 6.35. The number of oxazole rings is 1. The van der Waals surface area contributed by atoms with Crippen LogP contribution < -0.4 is 0 Å². The maximum atomic E-state index is 13.0. The zero-order valence-electron chi connectivity index (χ0n) is 17.1. The average molecular weight is 396 g/mol. The second-order valence-electron chi connectivity index (χ2n) is 8.65. The first kappa shape index (κ1) is 19.7. The molecule has 1 aromatic carbocycles. The summed E-state index contributed by atoms with van der Waals surface area (Å²) in [5, 5.41) is 9.58. The number of nitrogens with zero attached hydrogens (tertiary/aromatic N) is 2. The van der Waals surface area contributed by atoms with Crippen molar-refractivity contribution in [1.29, 1.82) is 0 Å². The van der Waals surface area contributed by atoms with E-state index >= 15 is 0 Å². The van der Waals surface area contributed by atoms with Gasteiger partial charge >= 0.3 is 5.97 Å². The van der Waals surface area contributed by atoms with Gasteiger partial charge in [0.05, 0.1) is 5.41 Å². The number of carboxylic acid groups (broad SMARTS) is 1. The molecule has 2 fully saturated rings. The van der Waals surface area contributed by atoms with Gasteiger partial charge in [-0.05, 0) is 25.7 Å². The minimum Gasteiger partial charge on any atom is -0.481 e. The van der Waals surface area contributed by atoms with Crippen molar-refractivity contribution >= 4 is 11.9 Å². The molecule has 29 heavy (non-hydrogen) atoms. The molecule has 1 aromatic heterocycles. The van der Waals surface area contributed by atoms with Gasteiger partial charge in [0.15, 0.2) is 0 Å². The SMILES string of the molecule is CC(C)c1oc(C2CCCN2C(=O)CC2(C(=O)O)CCC2)nc1-c1ccccc1. The van der Waals surface area contributed by atoms with Crippen LogP contribution in [0.4, 0.5) is 0 Å². The molecule has 0 radical (unpaired) electrons. The predicted molar refractivity (Wildman–Crippen MR) is 108 cm³/mol. The second-order valence-corrected chi connectivity index (χ2v) is 8.65. The van der Waals surface area contributed by atoms with Crippen LogP contribution in [0.3, 0.4) is 0 Å². The monoisotopic (exact) mass is 396 g/mol. The molecule has 2 aliphatic rings. The first-order valence-electron chi connectivity index (χ1n) is 10.5. The van der Waals surface area contributed by atoms with E-state index < -0.39 is 11.4 Å². The van der Waals surface area contributed by atoms with Gasteiger partial charge in [-0.15, -0.1) is 0 Å². The van der Waals surface area contributed by atoms with E-state index in [-0.39, 0.29) is 24.3 Å². The molecule has 2 aromatic rings. The molecule has 6 nitrogen and oxygen atoms in total. The molecule has 154 valence electrons. The lowest BCUT2D eigenvalue weighted by Gasteiger charge is -2.38. The Morgan fingerprint density at radius 2 is 1.97 bits per heavy atom. The van der Waals surface area contributed by atoms with Crippen molar-refractivity contribution in [3.8, 4) is 11.3 Å². The molecule has 1 amide bonds. The van der Waals surface area contributed by atoms with Crippen molar-refractivity contribution in [3.05, 3.63) is 42.0 Å². The smallest absolute Gasteiger partial charge is 0.310 e. The molecule has 1 saturated heterocycles. The fourth-order valence-electron chi connectivity index (χ4n) is 4.47. The third kappa shape index (κ3) is 3.56. The Balaban J connectivity index is 1.60. The number of aromatic nitrogens is 1. The molecular weight excluding hydrogens is 368 g/mol. The standard InChI is InChI=1S/C23H28N2O4/c1-15(2)20-19(16-8-4-3-5-9-16)24-21(29-20)17-10-6-13-25(17)18(26)14-23(22(27)28)11-7-12-23/h3-5,8-9,15,17H,6-7,10-14H2,1-2H3,(H,27,28). The lowest BCUT2D eigenvalue weighted by atomic mass is 9.66. The van der Waals surface area contributed by atoms with Gasteiger partial charge in [0.25, 0.3) is 0 Å². The maximum absolute atomic E-state index is 13.0. The number of carbonyl (C=O) groups is 2. The van der Waals surface area contributed by atoms with Crippen molar-refractivity contribution in [3.63, 3.8) is 0 Å². The Hall–Kier alpha value is -2.63. The minimum absolute atomic E-state index is 0.0715. The summed E-state index contributed by atoms with van der Waals surface area (Å²) in [6, 6.07) is 9.72. The van der Waals surface area contributed by atoms with Crippen LogP contribution in [0.15, 0.2) is 34.7 Å². The van der Waals surface area contributed by atoms with Crippen LogP contribution in [-0.4, -0.2) is 33.4 Å². The number of hydrogen-bond donors (Lipinski definition) is 1. The highest BCUT2D eigenvalue weighted by Gasteiger charge is 2.48. The summed E-state index contributed by atoms with van der Waals surface area (Å²) >= 11 is 0. The molecule has 1 atom stereocenters. The summed E-state index contributed by atoms with van der Waals surface area (Å²) in [5.74, 6) is 0.614. The molecule has 1 unspecified atom stereocenters. The molecule has 1 N–H and O–H groups in total. The predicted octanol–water partition coefficient (Wildman–Crippen LogP) is 4.77. The zero-order valence-corrected chi connectivity index (χ0v) is 17.1. The molecule has 2 heterocycles. The lowest BCUT2D eigenvalue weighted by Crippen LogP contribution is -2.43. The van der Waals surface area contributed by atoms with Gasteiger partial charge in [0.1, 0.15) is 17.5 Å². The lowest BCUT2D eigenvalue weighted by molar-refractivity contribution is -0.159. The summed E-state index contributed by atoms with van der Waals surface area (Å²) < 4.78 is 6.19. The minimum atomic E-state index is -0.876. The van der Waals surface area contributed by atoms with Gasteiger partial charge < -0.3 is 14.4 Å². The van der Waals surface area contributed by atoms with Crippen molar-refractivity contribution in [1.82, 2.24) is 9.88 Å². The van der Waals surface area contributed by atoms with Gasteiger partial charge in [-0.2, -0.15) is 0 Å². The number of amides is 1. The maximum Gasteiger partial charge on any atom is 0.310 e. The van der Waals surface area contributed by atoms with Crippen LogP contribution in [-0.2, 0) is 9.59 Å². The van der Waals surface area contributed by atoms with Crippen LogP contribution in [0.25, 0.3) is 11.3 Å². The number of rotatable bonds is 6. The molecule has 0 bridgehead atoms. The van der Waals surface area contributed by atoms with Crippen molar-refractivity contribution in [2.45, 2.75) is 64.3 Å². The number of aliphatic carboxylic acids is 1. The number of carboxylic acids is 1. The highest BCUT2D eigenvalue weighted by atomic mass is 16.4. The van der Waals surface area contributed by atoms with Crippen molar-refractivity contribution < 1.29 is 19.1 Å². The Labute approximate surface area is 170 Å². The van der Waals surface area contributed by atoms with Crippen LogP contribution in [0.1, 0.15) is 76.0 Å². The number of likely N-dealkylation sites (tertiary alicyclic amines) is 1. The van der Waals surface area contributed by atoms with E-state index in [4.69, 9.17) is 9.40 Å². The van der Waals surface area contributed by atoms with Crippen molar-refractivity contribution in [2.75, 3.05) is 6.54 Å². The van der Waals surface area contributed by atoms with Gasteiger partial charge in [-0.25, -0.2) is 4.98 Å². The molecule has 4 rings (SSSR count). The summed E-state index contributed by atoms with van der Waals surface area (Å²) in [4.78, 5) is 31.3. The van der Waals surface area contributed by atoms with Crippen LogP contribution in [0.2, 0.25) is 0 Å². The van der Waals surface area contributed by atoms with E-state index in [1.165, 1.54) is 0 Å². The van der Waals surface area contributed by atoms with Crippen LogP contribution in [0, 0.1) is 5.41 Å². The van der Waals surface area contributed by atoms with Crippen LogP contribution >= 0.6 is 0 Å². The summed E-state index contributed by atoms with van der Waals surface area (Å²) in [6.07, 6.45) is 3.78. The van der Waals surface area contributed by atoms with Crippen molar-refractivity contribution in [2.24, 2.45) is 5.41 Å². The zero-order chi connectivity index (χ0) is 20.6. The van der Waals surface area contributed by atoms with E-state index in [0.717, 1.165) is 36.3 Å². The Morgan fingerprint density at radius 3 is 2.55 bits per heavy atom. The largest absolute Gasteiger partial charge is 0.481 e. The molecule has 1 aliphatic heterocycles. The second kappa shape index (κ2) is 7.65. The summed E-state index contributed by atoms with van der Waals surface area (Å²) in [5.41, 5.74) is 0.955. The normalized spacial score (nSPS) is 20.7. The Kier molecular flexibility index (Phi) is 5.19. The molecule has 0 spiro atoms. The quantitative estimate of drug-likeness (QED) is 0.760. The number of benzene rings is 1. The van der Waals surface area contributed by atoms with Crippen LogP contribution in [0.5, 0.6) is 0 Å². The topological polar surface area (TPSA) is 83.6 Å². The van der Waals surface area contributed by atoms with E-state index in [0.29, 0.717) is 25.3 Å². The molecular formula is C23H28N2O4. The van der Waals surface area contributed by atoms with Gasteiger partial charge in [-0.1, -0.05) is 50.6 Å². The number of hydrogen-bond acceptors (Lipinski definition) is 4. The summed E-state index contributed by atoms with van der Waals surface area (Å²) in [6.45, 7) is 4.77. The molecule has 6 heteroatoms. The molecule has 1 saturated carbocycles. The van der Waals surface area contributed by atoms with Gasteiger partial charge in [-0.3, -0.25) is 9.59 Å². The highest BCUT2D eigenvalue weighted by Crippen LogP contribution is 2.46. The first-order chi connectivity index (χ1) is 13.9. The van der Waals surface area contributed by atoms with E-state index in [2.05, 4.69) is 13.8 Å².